The number of hydrogen-bond donors (Lipinski definition) is 6. The maximum Gasteiger partial charge on any atom is 0.320 e. The van der Waals surface area contributed by atoms with Crippen LogP contribution in [0.4, 0.5) is 0 Å². The molecule has 9 nitrogen and oxygen atoms in total. The Kier molecular flexibility index (Phi) is 13.4. The summed E-state index contributed by atoms with van der Waals surface area (Å²) in [7, 11) is 0. The molecule has 0 heterocycles. The van der Waals surface area contributed by atoms with Crippen LogP contribution in [0.5, 0.6) is 0 Å². The molecule has 0 aromatic carbocycles. The third kappa shape index (κ3) is 16.1. The number of unbranched alkanes of at least 4 members (excludes halogenated alkanes) is 1. The van der Waals surface area contributed by atoms with Crippen molar-refractivity contribution in [2.75, 3.05) is 6.54 Å². The molecule has 10 N–H and O–H groups in total. The van der Waals surface area contributed by atoms with Gasteiger partial charge in [0, 0.05) is 6.54 Å². The first-order valence-corrected chi connectivity index (χ1v) is 6.74. The number of hydrogen-bond acceptors (Lipinski definition) is 5. The second kappa shape index (κ2) is 13.1. The van der Waals surface area contributed by atoms with Crippen LogP contribution in [0.15, 0.2) is 4.99 Å². The number of nitrogens with two attached hydrogens (primary N) is 4. The smallest absolute Gasteiger partial charge is 0.320 e. The first-order chi connectivity index (χ1) is 9.72. The minimum atomic E-state index is -1.00. The van der Waals surface area contributed by atoms with E-state index >= 15 is 0 Å². The summed E-state index contributed by atoms with van der Waals surface area (Å²) in [6.07, 6.45) is 3.44. The maximum absolute atomic E-state index is 10.2. The van der Waals surface area contributed by atoms with E-state index in [0.29, 0.717) is 25.8 Å². The number of aliphatic carboxylic acids is 2. The summed E-state index contributed by atoms with van der Waals surface area (Å²) >= 11 is 0. The predicted molar refractivity (Wildman–Crippen MR) is 80.7 cm³/mol. The van der Waals surface area contributed by atoms with E-state index in [-0.39, 0.29) is 5.96 Å². The van der Waals surface area contributed by atoms with E-state index in [1.165, 1.54) is 0 Å². The Bertz CT molecular complexity index is 332. The average Bonchev–Trinajstić information content (AvgIpc) is 2.40. The van der Waals surface area contributed by atoms with Gasteiger partial charge in [-0.05, 0) is 19.3 Å². The highest BCUT2D eigenvalue weighted by atomic mass is 16.4. The van der Waals surface area contributed by atoms with Gasteiger partial charge in [0.15, 0.2) is 5.96 Å². The van der Waals surface area contributed by atoms with Crippen LogP contribution in [0, 0.1) is 0 Å². The molecule has 0 aromatic heterocycles. The van der Waals surface area contributed by atoms with Gasteiger partial charge >= 0.3 is 11.9 Å². The highest BCUT2D eigenvalue weighted by molar-refractivity contribution is 5.75. The molecule has 124 valence electrons. The van der Waals surface area contributed by atoms with Crippen molar-refractivity contribution in [1.82, 2.24) is 0 Å². The van der Waals surface area contributed by atoms with Crippen LogP contribution in [0.3, 0.4) is 0 Å². The van der Waals surface area contributed by atoms with E-state index in [4.69, 9.17) is 33.1 Å². The molecule has 0 saturated heterocycles. The molecule has 0 rings (SSSR count). The van der Waals surface area contributed by atoms with Crippen LogP contribution < -0.4 is 22.9 Å². The van der Waals surface area contributed by atoms with Crippen molar-refractivity contribution in [3.8, 4) is 0 Å². The average molecular weight is 305 g/mol. The third-order valence-electron chi connectivity index (χ3n) is 2.47. The van der Waals surface area contributed by atoms with Crippen LogP contribution in [0.1, 0.15) is 39.0 Å². The van der Waals surface area contributed by atoms with Crippen LogP contribution in [-0.4, -0.2) is 46.7 Å². The Hall–Kier alpha value is -1.87. The number of guanidine groups is 1. The highest BCUT2D eigenvalue weighted by Gasteiger charge is 2.09. The van der Waals surface area contributed by atoms with Gasteiger partial charge in [-0.2, -0.15) is 0 Å². The number of nitrogens with zero attached hydrogens (tertiary/aromatic N) is 1. The first kappa shape index (κ1) is 21.4. The molecule has 9 heteroatoms. The number of aliphatic imine (C=N–C) groups is 1. The fraction of sp³-hybridized carbons (Fsp3) is 0.750. The Morgan fingerprint density at radius 1 is 1.00 bits per heavy atom. The lowest BCUT2D eigenvalue weighted by Gasteiger charge is -2.03. The second-order valence-corrected chi connectivity index (χ2v) is 4.48. The number of carbonyl (C=O) groups is 2. The van der Waals surface area contributed by atoms with Crippen LogP contribution in [-0.2, 0) is 9.59 Å². The largest absolute Gasteiger partial charge is 0.480 e. The fourth-order valence-corrected chi connectivity index (χ4v) is 1.19. The molecule has 0 saturated carbocycles. The van der Waals surface area contributed by atoms with Crippen LogP contribution in [0.2, 0.25) is 0 Å². The van der Waals surface area contributed by atoms with Crippen molar-refractivity contribution in [2.24, 2.45) is 27.9 Å². The molecular formula is C12H27N5O4. The number of rotatable bonds is 9. The van der Waals surface area contributed by atoms with Gasteiger partial charge in [0.05, 0.1) is 0 Å². The van der Waals surface area contributed by atoms with Gasteiger partial charge in [-0.25, -0.2) is 0 Å². The molecule has 0 aromatic rings. The molecule has 2 atom stereocenters. The molecule has 0 aliphatic heterocycles. The van der Waals surface area contributed by atoms with E-state index in [2.05, 4.69) is 4.99 Å². The Morgan fingerprint density at radius 3 is 1.76 bits per heavy atom. The van der Waals surface area contributed by atoms with Crippen molar-refractivity contribution >= 4 is 17.9 Å². The topological polar surface area (TPSA) is 191 Å². The molecule has 0 unspecified atom stereocenters. The van der Waals surface area contributed by atoms with Gasteiger partial charge in [-0.1, -0.05) is 19.8 Å². The van der Waals surface area contributed by atoms with Crippen LogP contribution >= 0.6 is 0 Å². The van der Waals surface area contributed by atoms with E-state index in [1.807, 2.05) is 6.92 Å². The molecule has 0 amide bonds. The monoisotopic (exact) mass is 305 g/mol. The van der Waals surface area contributed by atoms with Crippen LogP contribution in [0.25, 0.3) is 0 Å². The van der Waals surface area contributed by atoms with Gasteiger partial charge in [-0.15, -0.1) is 0 Å². The Balaban J connectivity index is 0. The van der Waals surface area contributed by atoms with Gasteiger partial charge in [0.2, 0.25) is 0 Å². The molecule has 0 fully saturated rings. The normalized spacial score (nSPS) is 12.5. The molecular weight excluding hydrogens is 278 g/mol. The second-order valence-electron chi connectivity index (χ2n) is 4.48. The van der Waals surface area contributed by atoms with Crippen molar-refractivity contribution < 1.29 is 19.8 Å². The minimum absolute atomic E-state index is 0.0129. The molecule has 0 spiro atoms. The fourth-order valence-electron chi connectivity index (χ4n) is 1.19. The summed E-state index contributed by atoms with van der Waals surface area (Å²) in [5.74, 6) is -1.89. The third-order valence-corrected chi connectivity index (χ3v) is 2.47. The van der Waals surface area contributed by atoms with Gasteiger partial charge in [-0.3, -0.25) is 14.6 Å². The predicted octanol–water partition coefficient (Wildman–Crippen LogP) is -0.960. The zero-order chi connectivity index (χ0) is 16.8. The lowest BCUT2D eigenvalue weighted by Crippen LogP contribution is -2.30. The SMILES string of the molecule is CCCC[C@@H](N)C(=O)O.NC(N)=NCCC[C@@H](N)C(=O)O. The van der Waals surface area contributed by atoms with E-state index in [1.54, 1.807) is 0 Å². The number of carboxylic acids is 2. The van der Waals surface area contributed by atoms with E-state index in [0.717, 1.165) is 12.8 Å². The van der Waals surface area contributed by atoms with Gasteiger partial charge < -0.3 is 33.1 Å². The lowest BCUT2D eigenvalue weighted by molar-refractivity contribution is -0.139. The summed E-state index contributed by atoms with van der Waals surface area (Å²) in [6, 6.07) is -1.48. The summed E-state index contributed by atoms with van der Waals surface area (Å²) in [5.41, 5.74) is 20.5. The van der Waals surface area contributed by atoms with Crippen molar-refractivity contribution in [3.63, 3.8) is 0 Å². The minimum Gasteiger partial charge on any atom is -0.480 e. The molecule has 0 radical (unpaired) electrons. The zero-order valence-electron chi connectivity index (χ0n) is 12.4. The van der Waals surface area contributed by atoms with Crippen molar-refractivity contribution in [3.05, 3.63) is 0 Å². The Labute approximate surface area is 124 Å². The molecule has 21 heavy (non-hydrogen) atoms. The van der Waals surface area contributed by atoms with E-state index in [9.17, 15) is 9.59 Å². The summed E-state index contributed by atoms with van der Waals surface area (Å²) in [5, 5.41) is 16.7. The molecule has 0 bridgehead atoms. The standard InChI is InChI=1S/C6H14N4O2.C6H13NO2/c7-4(5(11)12)2-1-3-10-6(8)9;1-2-3-4-5(7)6(8)9/h4H,1-3,7H2,(H,11,12)(H4,8,9,10);5H,2-4,7H2,1H3,(H,8,9)/t4-;5-/m11/s1. The molecule has 0 aliphatic carbocycles. The molecule has 0 aliphatic rings. The quantitative estimate of drug-likeness (QED) is 0.178. The summed E-state index contributed by atoms with van der Waals surface area (Å²) < 4.78 is 0. The highest BCUT2D eigenvalue weighted by Crippen LogP contribution is 1.97. The summed E-state index contributed by atoms with van der Waals surface area (Å²) in [6.45, 7) is 2.43. The first-order valence-electron chi connectivity index (χ1n) is 6.74. The zero-order valence-corrected chi connectivity index (χ0v) is 12.4. The van der Waals surface area contributed by atoms with Gasteiger partial charge in [0.25, 0.3) is 0 Å². The number of carboxylic acid groups (broad SMARTS) is 2. The summed E-state index contributed by atoms with van der Waals surface area (Å²) in [4.78, 5) is 24.0. The van der Waals surface area contributed by atoms with Gasteiger partial charge in [0.1, 0.15) is 12.1 Å². The maximum atomic E-state index is 10.2. The van der Waals surface area contributed by atoms with Crippen molar-refractivity contribution in [1.29, 1.82) is 0 Å². The lowest BCUT2D eigenvalue weighted by atomic mass is 10.1. The van der Waals surface area contributed by atoms with Crippen molar-refractivity contribution in [2.45, 2.75) is 51.1 Å². The van der Waals surface area contributed by atoms with E-state index < -0.39 is 24.0 Å². The Morgan fingerprint density at radius 2 is 1.43 bits per heavy atom.